The first kappa shape index (κ1) is 14.9. The van der Waals surface area contributed by atoms with Gasteiger partial charge in [-0.15, -0.1) is 0 Å². The van der Waals surface area contributed by atoms with Crippen LogP contribution >= 0.6 is 15.9 Å². The van der Waals surface area contributed by atoms with Crippen LogP contribution in [0.4, 0.5) is 5.69 Å². The second-order valence-electron chi connectivity index (χ2n) is 5.88. The van der Waals surface area contributed by atoms with Gasteiger partial charge < -0.3 is 10.6 Å². The maximum atomic E-state index is 5.62. The van der Waals surface area contributed by atoms with Gasteiger partial charge in [-0.1, -0.05) is 35.8 Å². The van der Waals surface area contributed by atoms with Gasteiger partial charge in [0, 0.05) is 23.2 Å². The van der Waals surface area contributed by atoms with Crippen LogP contribution in [0.25, 0.3) is 0 Å². The van der Waals surface area contributed by atoms with Crippen LogP contribution in [0.3, 0.4) is 0 Å². The number of hydrogen-bond donors (Lipinski definition) is 1. The third-order valence-corrected chi connectivity index (χ3v) is 5.04. The predicted molar refractivity (Wildman–Crippen MR) is 86.7 cm³/mol. The second-order valence-corrected chi connectivity index (χ2v) is 6.74. The standard InChI is InChI=1S/C16H25BrN2/c1-12(2)13-6-9-19(10-7-13)15-4-3-14(5-8-18)16(17)11-15/h3-4,11-13H,5-10,18H2,1-2H3. The monoisotopic (exact) mass is 324 g/mol. The fourth-order valence-corrected chi connectivity index (χ4v) is 3.48. The molecule has 0 atom stereocenters. The van der Waals surface area contributed by atoms with Gasteiger partial charge in [0.25, 0.3) is 0 Å². The molecule has 0 aromatic heterocycles. The fraction of sp³-hybridized carbons (Fsp3) is 0.625. The van der Waals surface area contributed by atoms with Gasteiger partial charge in [0.1, 0.15) is 0 Å². The Morgan fingerprint density at radius 1 is 1.32 bits per heavy atom. The van der Waals surface area contributed by atoms with Crippen molar-refractivity contribution >= 4 is 21.6 Å². The van der Waals surface area contributed by atoms with Gasteiger partial charge in [-0.3, -0.25) is 0 Å². The maximum Gasteiger partial charge on any atom is 0.0377 e. The number of hydrogen-bond acceptors (Lipinski definition) is 2. The van der Waals surface area contributed by atoms with E-state index in [9.17, 15) is 0 Å². The summed E-state index contributed by atoms with van der Waals surface area (Å²) < 4.78 is 1.20. The molecule has 0 spiro atoms. The Balaban J connectivity index is 2.01. The summed E-state index contributed by atoms with van der Waals surface area (Å²) >= 11 is 3.67. The third kappa shape index (κ3) is 3.73. The molecule has 0 bridgehead atoms. The SMILES string of the molecule is CC(C)C1CCN(c2ccc(CCN)c(Br)c2)CC1. The molecule has 0 amide bonds. The van der Waals surface area contributed by atoms with Gasteiger partial charge in [-0.25, -0.2) is 0 Å². The Hall–Kier alpha value is -0.540. The number of nitrogens with zero attached hydrogens (tertiary/aromatic N) is 1. The molecule has 0 saturated carbocycles. The Morgan fingerprint density at radius 2 is 2.00 bits per heavy atom. The molecule has 0 radical (unpaired) electrons. The Morgan fingerprint density at radius 3 is 2.53 bits per heavy atom. The van der Waals surface area contributed by atoms with E-state index in [2.05, 4.69) is 52.9 Å². The molecule has 3 heteroatoms. The van der Waals surface area contributed by atoms with E-state index >= 15 is 0 Å². The topological polar surface area (TPSA) is 29.3 Å². The number of rotatable bonds is 4. The minimum atomic E-state index is 0.706. The van der Waals surface area contributed by atoms with Crippen LogP contribution in [-0.2, 0) is 6.42 Å². The van der Waals surface area contributed by atoms with Crippen LogP contribution in [0.1, 0.15) is 32.3 Å². The van der Waals surface area contributed by atoms with Crippen LogP contribution in [0.5, 0.6) is 0 Å². The van der Waals surface area contributed by atoms with Crippen molar-refractivity contribution < 1.29 is 0 Å². The van der Waals surface area contributed by atoms with Crippen molar-refractivity contribution in [3.63, 3.8) is 0 Å². The number of halogens is 1. The summed E-state index contributed by atoms with van der Waals surface area (Å²) in [4.78, 5) is 2.51. The normalized spacial score (nSPS) is 17.2. The summed E-state index contributed by atoms with van der Waals surface area (Å²) in [5, 5.41) is 0. The molecule has 1 aliphatic heterocycles. The highest BCUT2D eigenvalue weighted by Crippen LogP contribution is 2.30. The van der Waals surface area contributed by atoms with Crippen molar-refractivity contribution in [3.05, 3.63) is 28.2 Å². The molecule has 19 heavy (non-hydrogen) atoms. The molecule has 0 aliphatic carbocycles. The van der Waals surface area contributed by atoms with E-state index < -0.39 is 0 Å². The first-order chi connectivity index (χ1) is 9.11. The summed E-state index contributed by atoms with van der Waals surface area (Å²) in [7, 11) is 0. The minimum Gasteiger partial charge on any atom is -0.371 e. The van der Waals surface area contributed by atoms with E-state index in [0.29, 0.717) is 6.54 Å². The van der Waals surface area contributed by atoms with E-state index in [1.54, 1.807) is 0 Å². The van der Waals surface area contributed by atoms with Gasteiger partial charge >= 0.3 is 0 Å². The van der Waals surface area contributed by atoms with E-state index in [-0.39, 0.29) is 0 Å². The van der Waals surface area contributed by atoms with Crippen LogP contribution in [0.2, 0.25) is 0 Å². The average molecular weight is 325 g/mol. The van der Waals surface area contributed by atoms with Gasteiger partial charge in [0.2, 0.25) is 0 Å². The largest absolute Gasteiger partial charge is 0.371 e. The van der Waals surface area contributed by atoms with Crippen molar-refractivity contribution in [2.45, 2.75) is 33.1 Å². The number of benzene rings is 1. The summed E-state index contributed by atoms with van der Waals surface area (Å²) in [5.41, 5.74) is 8.27. The van der Waals surface area contributed by atoms with Crippen molar-refractivity contribution in [1.29, 1.82) is 0 Å². The zero-order valence-electron chi connectivity index (χ0n) is 12.0. The maximum absolute atomic E-state index is 5.62. The third-order valence-electron chi connectivity index (χ3n) is 4.30. The lowest BCUT2D eigenvalue weighted by atomic mass is 9.86. The van der Waals surface area contributed by atoms with E-state index in [1.807, 2.05) is 0 Å². The van der Waals surface area contributed by atoms with E-state index in [1.165, 1.54) is 41.7 Å². The molecular formula is C16H25BrN2. The molecule has 106 valence electrons. The molecule has 2 N–H and O–H groups in total. The predicted octanol–water partition coefficient (Wildman–Crippen LogP) is 3.82. The highest BCUT2D eigenvalue weighted by Gasteiger charge is 2.21. The van der Waals surface area contributed by atoms with Crippen LogP contribution in [0.15, 0.2) is 22.7 Å². The highest BCUT2D eigenvalue weighted by molar-refractivity contribution is 9.10. The van der Waals surface area contributed by atoms with E-state index in [0.717, 1.165) is 18.3 Å². The molecule has 1 aromatic carbocycles. The van der Waals surface area contributed by atoms with Gasteiger partial charge in [0.05, 0.1) is 0 Å². The quantitative estimate of drug-likeness (QED) is 0.912. The van der Waals surface area contributed by atoms with Crippen LogP contribution in [0, 0.1) is 11.8 Å². The zero-order valence-corrected chi connectivity index (χ0v) is 13.6. The summed E-state index contributed by atoms with van der Waals surface area (Å²) in [5.74, 6) is 1.72. The van der Waals surface area contributed by atoms with Crippen molar-refractivity contribution in [2.24, 2.45) is 17.6 Å². The summed E-state index contributed by atoms with van der Waals surface area (Å²) in [6, 6.07) is 6.70. The van der Waals surface area contributed by atoms with E-state index in [4.69, 9.17) is 5.73 Å². The van der Waals surface area contributed by atoms with Crippen molar-refractivity contribution in [3.8, 4) is 0 Å². The summed E-state index contributed by atoms with van der Waals surface area (Å²) in [6.07, 6.45) is 3.58. The molecular weight excluding hydrogens is 300 g/mol. The van der Waals surface area contributed by atoms with Gasteiger partial charge in [0.15, 0.2) is 0 Å². The van der Waals surface area contributed by atoms with Gasteiger partial charge in [-0.05, 0) is 55.3 Å². The molecule has 1 heterocycles. The van der Waals surface area contributed by atoms with Crippen LogP contribution in [-0.4, -0.2) is 19.6 Å². The smallest absolute Gasteiger partial charge is 0.0377 e. The number of piperidine rings is 1. The summed E-state index contributed by atoms with van der Waals surface area (Å²) in [6.45, 7) is 7.77. The molecule has 1 saturated heterocycles. The average Bonchev–Trinajstić information content (AvgIpc) is 2.41. The lowest BCUT2D eigenvalue weighted by Gasteiger charge is -2.35. The van der Waals surface area contributed by atoms with Crippen LogP contribution < -0.4 is 10.6 Å². The van der Waals surface area contributed by atoms with Crippen molar-refractivity contribution in [2.75, 3.05) is 24.5 Å². The number of anilines is 1. The zero-order chi connectivity index (χ0) is 13.8. The molecule has 1 aromatic rings. The fourth-order valence-electron chi connectivity index (χ4n) is 2.92. The second kappa shape index (κ2) is 6.76. The Kier molecular flexibility index (Phi) is 5.28. The molecule has 2 rings (SSSR count). The minimum absolute atomic E-state index is 0.706. The van der Waals surface area contributed by atoms with Gasteiger partial charge in [-0.2, -0.15) is 0 Å². The Labute approximate surface area is 125 Å². The highest BCUT2D eigenvalue weighted by atomic mass is 79.9. The molecule has 0 unspecified atom stereocenters. The molecule has 1 aliphatic rings. The first-order valence-corrected chi connectivity index (χ1v) is 8.14. The lowest BCUT2D eigenvalue weighted by Crippen LogP contribution is -2.35. The Bertz CT molecular complexity index is 409. The molecule has 1 fully saturated rings. The lowest BCUT2D eigenvalue weighted by molar-refractivity contribution is 0.311. The van der Waals surface area contributed by atoms with Crippen molar-refractivity contribution in [1.82, 2.24) is 0 Å². The number of nitrogens with two attached hydrogens (primary N) is 1. The first-order valence-electron chi connectivity index (χ1n) is 7.35. The molecule has 2 nitrogen and oxygen atoms in total.